The molecule has 2 aromatic heterocycles. The van der Waals surface area contributed by atoms with E-state index in [1.54, 1.807) is 10.9 Å². The Bertz CT molecular complexity index is 479. The van der Waals surface area contributed by atoms with Gasteiger partial charge in [0.1, 0.15) is 11.6 Å². The predicted octanol–water partition coefficient (Wildman–Crippen LogP) is 0.169. The molecular formula is C9H13N5O. The highest BCUT2D eigenvalue weighted by Crippen LogP contribution is 2.18. The van der Waals surface area contributed by atoms with Crippen LogP contribution in [0, 0.1) is 6.92 Å². The summed E-state index contributed by atoms with van der Waals surface area (Å²) in [6, 6.07) is 0. The van der Waals surface area contributed by atoms with Crippen molar-refractivity contribution in [1.29, 1.82) is 0 Å². The second-order valence-electron chi connectivity index (χ2n) is 3.20. The first kappa shape index (κ1) is 9.85. The number of rotatable bonds is 3. The third-order valence-corrected chi connectivity index (χ3v) is 2.16. The summed E-state index contributed by atoms with van der Waals surface area (Å²) in [6.07, 6.45) is 1.70. The maximum absolute atomic E-state index is 8.87. The van der Waals surface area contributed by atoms with Crippen molar-refractivity contribution in [3.63, 3.8) is 0 Å². The van der Waals surface area contributed by atoms with Gasteiger partial charge in [0.25, 0.3) is 0 Å². The fourth-order valence-electron chi connectivity index (χ4n) is 1.51. The number of aromatic nitrogens is 4. The molecule has 2 rings (SSSR count). The second-order valence-corrected chi connectivity index (χ2v) is 3.20. The van der Waals surface area contributed by atoms with Crippen molar-refractivity contribution in [3.8, 4) is 0 Å². The first-order valence-corrected chi connectivity index (χ1v) is 4.75. The monoisotopic (exact) mass is 207 g/mol. The van der Waals surface area contributed by atoms with E-state index < -0.39 is 0 Å². The molecule has 0 aliphatic rings. The van der Waals surface area contributed by atoms with Crippen LogP contribution >= 0.6 is 0 Å². The number of anilines is 1. The van der Waals surface area contributed by atoms with Gasteiger partial charge in [-0.1, -0.05) is 0 Å². The maximum atomic E-state index is 8.87. The zero-order valence-corrected chi connectivity index (χ0v) is 8.73. The van der Waals surface area contributed by atoms with Gasteiger partial charge in [-0.3, -0.25) is 0 Å². The third kappa shape index (κ3) is 1.63. The Morgan fingerprint density at radius 3 is 2.93 bits per heavy atom. The van der Waals surface area contributed by atoms with Crippen LogP contribution < -0.4 is 5.32 Å². The van der Waals surface area contributed by atoms with Crippen molar-refractivity contribution >= 4 is 16.9 Å². The normalized spacial score (nSPS) is 10.9. The Hall–Kier alpha value is -1.69. The minimum absolute atomic E-state index is 0.0503. The summed E-state index contributed by atoms with van der Waals surface area (Å²) < 4.78 is 1.67. The molecule has 0 aromatic carbocycles. The van der Waals surface area contributed by atoms with E-state index in [0.29, 0.717) is 12.4 Å². The molecule has 0 spiro atoms. The van der Waals surface area contributed by atoms with E-state index in [4.69, 9.17) is 5.11 Å². The van der Waals surface area contributed by atoms with E-state index in [1.807, 2.05) is 14.0 Å². The number of aryl methyl sites for hydroxylation is 1. The van der Waals surface area contributed by atoms with E-state index in [-0.39, 0.29) is 6.61 Å². The van der Waals surface area contributed by atoms with Gasteiger partial charge in [-0.15, -0.1) is 0 Å². The SMILES string of the molecule is CNc1nc(C)nc2c1cnn2CCO. The molecule has 2 aromatic rings. The minimum Gasteiger partial charge on any atom is -0.394 e. The lowest BCUT2D eigenvalue weighted by molar-refractivity contribution is 0.271. The van der Waals surface area contributed by atoms with E-state index in [2.05, 4.69) is 20.4 Å². The number of nitrogens with zero attached hydrogens (tertiary/aromatic N) is 4. The molecule has 0 radical (unpaired) electrons. The lowest BCUT2D eigenvalue weighted by atomic mass is 10.4. The Labute approximate surface area is 87.0 Å². The molecule has 0 aliphatic carbocycles. The molecule has 2 heterocycles. The summed E-state index contributed by atoms with van der Waals surface area (Å²) in [5, 5.41) is 16.9. The molecule has 0 saturated heterocycles. The number of hydrogen-bond donors (Lipinski definition) is 2. The zero-order valence-electron chi connectivity index (χ0n) is 8.73. The number of fused-ring (bicyclic) bond motifs is 1. The zero-order chi connectivity index (χ0) is 10.8. The highest BCUT2D eigenvalue weighted by atomic mass is 16.3. The number of nitrogens with one attached hydrogen (secondary N) is 1. The average molecular weight is 207 g/mol. The van der Waals surface area contributed by atoms with Crippen LogP contribution in [0.5, 0.6) is 0 Å². The van der Waals surface area contributed by atoms with Crippen LogP contribution in [-0.2, 0) is 6.54 Å². The number of aliphatic hydroxyl groups is 1. The molecule has 0 atom stereocenters. The summed E-state index contributed by atoms with van der Waals surface area (Å²) in [4.78, 5) is 8.56. The molecule has 0 aliphatic heterocycles. The van der Waals surface area contributed by atoms with E-state index in [0.717, 1.165) is 16.9 Å². The Balaban J connectivity index is 2.64. The molecule has 0 amide bonds. The van der Waals surface area contributed by atoms with Gasteiger partial charge in [-0.25, -0.2) is 14.6 Å². The van der Waals surface area contributed by atoms with Crippen molar-refractivity contribution in [2.24, 2.45) is 0 Å². The average Bonchev–Trinajstić information content (AvgIpc) is 2.61. The molecule has 2 N–H and O–H groups in total. The summed E-state index contributed by atoms with van der Waals surface area (Å²) in [5.41, 5.74) is 0.751. The van der Waals surface area contributed by atoms with Crippen molar-refractivity contribution in [2.75, 3.05) is 19.0 Å². The first-order chi connectivity index (χ1) is 7.26. The Morgan fingerprint density at radius 2 is 2.27 bits per heavy atom. The molecule has 80 valence electrons. The second kappa shape index (κ2) is 3.82. The highest BCUT2D eigenvalue weighted by Gasteiger charge is 2.09. The fraction of sp³-hybridized carbons (Fsp3) is 0.444. The molecule has 0 fully saturated rings. The van der Waals surface area contributed by atoms with Gasteiger partial charge in [0, 0.05) is 7.05 Å². The number of aliphatic hydroxyl groups excluding tert-OH is 1. The van der Waals surface area contributed by atoms with Crippen LogP contribution in [-0.4, -0.2) is 38.5 Å². The van der Waals surface area contributed by atoms with Gasteiger partial charge >= 0.3 is 0 Å². The smallest absolute Gasteiger partial charge is 0.163 e. The molecular weight excluding hydrogens is 194 g/mol. The van der Waals surface area contributed by atoms with E-state index >= 15 is 0 Å². The summed E-state index contributed by atoms with van der Waals surface area (Å²) in [5.74, 6) is 1.45. The van der Waals surface area contributed by atoms with Crippen molar-refractivity contribution in [3.05, 3.63) is 12.0 Å². The molecule has 0 saturated carbocycles. The molecule has 6 heteroatoms. The Kier molecular flexibility index (Phi) is 2.51. The lowest BCUT2D eigenvalue weighted by Gasteiger charge is -2.03. The largest absolute Gasteiger partial charge is 0.394 e. The van der Waals surface area contributed by atoms with Crippen LogP contribution in [0.4, 0.5) is 5.82 Å². The van der Waals surface area contributed by atoms with Gasteiger partial charge in [0.15, 0.2) is 5.65 Å². The fourth-order valence-corrected chi connectivity index (χ4v) is 1.51. The molecule has 6 nitrogen and oxygen atoms in total. The van der Waals surface area contributed by atoms with Crippen molar-refractivity contribution in [1.82, 2.24) is 19.7 Å². The number of hydrogen-bond acceptors (Lipinski definition) is 5. The molecule has 15 heavy (non-hydrogen) atoms. The van der Waals surface area contributed by atoms with Crippen LogP contribution in [0.1, 0.15) is 5.82 Å². The van der Waals surface area contributed by atoms with Gasteiger partial charge in [0.2, 0.25) is 0 Å². The molecule has 0 bridgehead atoms. The minimum atomic E-state index is 0.0503. The van der Waals surface area contributed by atoms with Gasteiger partial charge in [-0.05, 0) is 6.92 Å². The van der Waals surface area contributed by atoms with Crippen molar-refractivity contribution < 1.29 is 5.11 Å². The maximum Gasteiger partial charge on any atom is 0.163 e. The lowest BCUT2D eigenvalue weighted by Crippen LogP contribution is -2.06. The van der Waals surface area contributed by atoms with Gasteiger partial charge in [-0.2, -0.15) is 5.10 Å². The molecule has 0 unspecified atom stereocenters. The van der Waals surface area contributed by atoms with Crippen molar-refractivity contribution in [2.45, 2.75) is 13.5 Å². The third-order valence-electron chi connectivity index (χ3n) is 2.16. The van der Waals surface area contributed by atoms with Crippen LogP contribution in [0.2, 0.25) is 0 Å². The standard InChI is InChI=1S/C9H13N5O/c1-6-12-8(10-2)7-5-11-14(3-4-15)9(7)13-6/h5,15H,3-4H2,1-2H3,(H,10,12,13). The highest BCUT2D eigenvalue weighted by molar-refractivity contribution is 5.86. The predicted molar refractivity (Wildman–Crippen MR) is 56.7 cm³/mol. The Morgan fingerprint density at radius 1 is 1.47 bits per heavy atom. The summed E-state index contributed by atoms with van der Waals surface area (Å²) in [6.45, 7) is 2.33. The summed E-state index contributed by atoms with van der Waals surface area (Å²) in [7, 11) is 1.81. The topological polar surface area (TPSA) is 75.9 Å². The van der Waals surface area contributed by atoms with E-state index in [9.17, 15) is 0 Å². The van der Waals surface area contributed by atoms with Crippen LogP contribution in [0.15, 0.2) is 6.20 Å². The van der Waals surface area contributed by atoms with Gasteiger partial charge in [0.05, 0.1) is 24.7 Å². The first-order valence-electron chi connectivity index (χ1n) is 4.75. The van der Waals surface area contributed by atoms with Crippen LogP contribution in [0.3, 0.4) is 0 Å². The summed E-state index contributed by atoms with van der Waals surface area (Å²) >= 11 is 0. The van der Waals surface area contributed by atoms with E-state index in [1.165, 1.54) is 0 Å². The van der Waals surface area contributed by atoms with Gasteiger partial charge < -0.3 is 10.4 Å². The van der Waals surface area contributed by atoms with Crippen LogP contribution in [0.25, 0.3) is 11.0 Å². The quantitative estimate of drug-likeness (QED) is 0.750.